The Bertz CT molecular complexity index is 1500. The van der Waals surface area contributed by atoms with Gasteiger partial charge in [-0.25, -0.2) is 0 Å². The zero-order valence-electron chi connectivity index (χ0n) is 22.9. The fourth-order valence-electron chi connectivity index (χ4n) is 4.99. The standard InChI is InChI=1S/C31H32N2O6/c1-17-12-18(2)28(19(3)13-17)25-16-27(39-32-25)20(4)38-33-29-24-15-23(36-6)10-11-26(24)37-31(30(29)34)21-8-7-9-22(14-21)35-5/h7-16,20,30-31,34H,1-6H3/t20-,30+,31+/m0/s1. The number of rotatable bonds is 7. The summed E-state index contributed by atoms with van der Waals surface area (Å²) in [6.45, 7) is 8.02. The molecule has 0 saturated heterocycles. The summed E-state index contributed by atoms with van der Waals surface area (Å²) in [6, 6.07) is 18.9. The Morgan fingerprint density at radius 3 is 2.36 bits per heavy atom. The largest absolute Gasteiger partial charge is 0.497 e. The summed E-state index contributed by atoms with van der Waals surface area (Å²) < 4.78 is 22.6. The van der Waals surface area contributed by atoms with Gasteiger partial charge in [0.15, 0.2) is 18.0 Å². The highest BCUT2D eigenvalue weighted by Crippen LogP contribution is 2.39. The molecule has 8 heteroatoms. The molecule has 8 nitrogen and oxygen atoms in total. The van der Waals surface area contributed by atoms with Crippen molar-refractivity contribution in [2.24, 2.45) is 5.16 Å². The lowest BCUT2D eigenvalue weighted by molar-refractivity contribution is 0.0378. The van der Waals surface area contributed by atoms with Crippen molar-refractivity contribution < 1.29 is 28.7 Å². The van der Waals surface area contributed by atoms with Gasteiger partial charge in [0.1, 0.15) is 34.8 Å². The minimum absolute atomic E-state index is 0.319. The minimum Gasteiger partial charge on any atom is -0.497 e. The molecule has 4 aromatic rings. The number of fused-ring (bicyclic) bond motifs is 1. The van der Waals surface area contributed by atoms with Crippen LogP contribution in [0.1, 0.15) is 52.7 Å². The molecule has 0 unspecified atom stereocenters. The molecule has 0 fully saturated rings. The van der Waals surface area contributed by atoms with Crippen LogP contribution in [-0.2, 0) is 4.84 Å². The van der Waals surface area contributed by atoms with E-state index in [-0.39, 0.29) is 0 Å². The van der Waals surface area contributed by atoms with E-state index in [1.165, 1.54) is 5.56 Å². The Kier molecular flexibility index (Phi) is 7.30. The molecule has 1 aromatic heterocycles. The lowest BCUT2D eigenvalue weighted by atomic mass is 9.92. The zero-order valence-corrected chi connectivity index (χ0v) is 22.9. The van der Waals surface area contributed by atoms with Crippen LogP contribution in [0.4, 0.5) is 0 Å². The molecule has 202 valence electrons. The first-order valence-corrected chi connectivity index (χ1v) is 12.7. The van der Waals surface area contributed by atoms with E-state index < -0.39 is 18.3 Å². The molecular formula is C31H32N2O6. The van der Waals surface area contributed by atoms with Gasteiger partial charge in [0, 0.05) is 17.2 Å². The fraction of sp³-hybridized carbons (Fsp3) is 0.290. The van der Waals surface area contributed by atoms with Gasteiger partial charge in [-0.1, -0.05) is 40.1 Å². The summed E-state index contributed by atoms with van der Waals surface area (Å²) in [4.78, 5) is 5.90. The van der Waals surface area contributed by atoms with Gasteiger partial charge >= 0.3 is 0 Å². The average molecular weight is 529 g/mol. The van der Waals surface area contributed by atoms with Crippen LogP contribution in [0.5, 0.6) is 17.2 Å². The van der Waals surface area contributed by atoms with Crippen LogP contribution in [0.25, 0.3) is 11.3 Å². The number of hydrogen-bond acceptors (Lipinski definition) is 8. The van der Waals surface area contributed by atoms with Crippen molar-refractivity contribution in [2.75, 3.05) is 14.2 Å². The molecule has 1 aliphatic rings. The molecule has 0 saturated carbocycles. The maximum Gasteiger partial charge on any atom is 0.184 e. The Morgan fingerprint density at radius 1 is 0.923 bits per heavy atom. The second-order valence-corrected chi connectivity index (χ2v) is 9.73. The maximum atomic E-state index is 11.4. The maximum absolute atomic E-state index is 11.4. The Labute approximate surface area is 227 Å². The first-order valence-electron chi connectivity index (χ1n) is 12.7. The number of ether oxygens (including phenoxy) is 3. The van der Waals surface area contributed by atoms with Crippen LogP contribution >= 0.6 is 0 Å². The van der Waals surface area contributed by atoms with Gasteiger partial charge in [0.2, 0.25) is 0 Å². The number of benzene rings is 3. The molecule has 0 amide bonds. The molecule has 0 aliphatic carbocycles. The Hall–Kier alpha value is -4.30. The molecule has 1 aliphatic heterocycles. The van der Waals surface area contributed by atoms with E-state index in [0.29, 0.717) is 34.3 Å². The van der Waals surface area contributed by atoms with Crippen molar-refractivity contribution in [1.29, 1.82) is 0 Å². The molecule has 3 atom stereocenters. The normalized spacial score (nSPS) is 18.3. The third-order valence-corrected chi connectivity index (χ3v) is 6.88. The number of oxime groups is 1. The number of hydrogen-bond donors (Lipinski definition) is 1. The molecule has 0 spiro atoms. The van der Waals surface area contributed by atoms with E-state index in [9.17, 15) is 5.11 Å². The van der Waals surface area contributed by atoms with Crippen molar-refractivity contribution in [2.45, 2.75) is 46.0 Å². The monoisotopic (exact) mass is 528 g/mol. The van der Waals surface area contributed by atoms with Crippen molar-refractivity contribution in [3.05, 3.63) is 94.2 Å². The second-order valence-electron chi connectivity index (χ2n) is 9.73. The molecule has 39 heavy (non-hydrogen) atoms. The van der Waals surface area contributed by atoms with Gasteiger partial charge in [0.05, 0.1) is 14.2 Å². The van der Waals surface area contributed by atoms with E-state index in [1.807, 2.05) is 37.3 Å². The highest BCUT2D eigenvalue weighted by Gasteiger charge is 2.37. The lowest BCUT2D eigenvalue weighted by Gasteiger charge is -2.32. The topological polar surface area (TPSA) is 95.5 Å². The molecule has 1 N–H and O–H groups in total. The molecule has 3 aromatic carbocycles. The van der Waals surface area contributed by atoms with Gasteiger partial charge in [0.25, 0.3) is 0 Å². The van der Waals surface area contributed by atoms with E-state index >= 15 is 0 Å². The predicted molar refractivity (Wildman–Crippen MR) is 148 cm³/mol. The third-order valence-electron chi connectivity index (χ3n) is 6.88. The second kappa shape index (κ2) is 10.8. The van der Waals surface area contributed by atoms with Crippen molar-refractivity contribution in [1.82, 2.24) is 5.16 Å². The smallest absolute Gasteiger partial charge is 0.184 e. The molecule has 0 bridgehead atoms. The van der Waals surface area contributed by atoms with Crippen molar-refractivity contribution in [3.8, 4) is 28.5 Å². The lowest BCUT2D eigenvalue weighted by Crippen LogP contribution is -2.37. The SMILES string of the molecule is COc1cccc([C@H]2Oc3ccc(OC)cc3C(=NO[C@@H](C)c3cc(-c4c(C)cc(C)cc4C)no3)[C@H]2O)c1. The third kappa shape index (κ3) is 5.20. The van der Waals surface area contributed by atoms with Crippen LogP contribution in [-0.4, -0.2) is 36.3 Å². The zero-order chi connectivity index (χ0) is 27.7. The van der Waals surface area contributed by atoms with Crippen molar-refractivity contribution in [3.63, 3.8) is 0 Å². The van der Waals surface area contributed by atoms with E-state index in [1.54, 1.807) is 32.4 Å². The van der Waals surface area contributed by atoms with Crippen molar-refractivity contribution >= 4 is 5.71 Å². The van der Waals surface area contributed by atoms with Crippen LogP contribution in [0.15, 0.2) is 70.3 Å². The Morgan fingerprint density at radius 2 is 1.64 bits per heavy atom. The van der Waals surface area contributed by atoms with Gasteiger partial charge in [-0.3, -0.25) is 0 Å². The van der Waals surface area contributed by atoms with Crippen LogP contribution in [0, 0.1) is 20.8 Å². The summed E-state index contributed by atoms with van der Waals surface area (Å²) in [5.74, 6) is 2.34. The van der Waals surface area contributed by atoms with E-state index in [2.05, 4.69) is 43.2 Å². The number of aryl methyl sites for hydroxylation is 3. The van der Waals surface area contributed by atoms with Gasteiger partial charge in [-0.05, 0) is 74.7 Å². The van der Waals surface area contributed by atoms with Crippen LogP contribution < -0.4 is 14.2 Å². The number of methoxy groups -OCH3 is 2. The highest BCUT2D eigenvalue weighted by atomic mass is 16.6. The number of aliphatic hydroxyl groups excluding tert-OH is 1. The van der Waals surface area contributed by atoms with E-state index in [4.69, 9.17) is 23.6 Å². The summed E-state index contributed by atoms with van der Waals surface area (Å²) >= 11 is 0. The summed E-state index contributed by atoms with van der Waals surface area (Å²) in [5.41, 5.74) is 6.87. The first-order chi connectivity index (χ1) is 18.8. The average Bonchev–Trinajstić information content (AvgIpc) is 3.41. The highest BCUT2D eigenvalue weighted by molar-refractivity contribution is 6.07. The Balaban J connectivity index is 1.46. The summed E-state index contributed by atoms with van der Waals surface area (Å²) in [7, 11) is 3.17. The molecule has 5 rings (SSSR count). The number of aliphatic hydroxyl groups is 1. The predicted octanol–water partition coefficient (Wildman–Crippen LogP) is 6.26. The van der Waals surface area contributed by atoms with Crippen LogP contribution in [0.3, 0.4) is 0 Å². The molecule has 2 heterocycles. The fourth-order valence-corrected chi connectivity index (χ4v) is 4.99. The van der Waals surface area contributed by atoms with Crippen LogP contribution in [0.2, 0.25) is 0 Å². The number of nitrogens with zero attached hydrogens (tertiary/aromatic N) is 2. The first kappa shape index (κ1) is 26.3. The van der Waals surface area contributed by atoms with Gasteiger partial charge in [-0.15, -0.1) is 0 Å². The quantitative estimate of drug-likeness (QED) is 0.283. The number of aromatic nitrogens is 1. The van der Waals surface area contributed by atoms with Gasteiger partial charge in [-0.2, -0.15) is 0 Å². The minimum atomic E-state index is -1.12. The summed E-state index contributed by atoms with van der Waals surface area (Å²) in [5, 5.41) is 20.1. The van der Waals surface area contributed by atoms with E-state index in [0.717, 1.165) is 27.9 Å². The summed E-state index contributed by atoms with van der Waals surface area (Å²) in [6.07, 6.45) is -2.40. The van der Waals surface area contributed by atoms with Gasteiger partial charge < -0.3 is 28.7 Å². The molecular weight excluding hydrogens is 496 g/mol. The molecule has 0 radical (unpaired) electrons.